The first-order valence-electron chi connectivity index (χ1n) is 7.89. The molecule has 1 aromatic heterocycles. The van der Waals surface area contributed by atoms with Crippen molar-refractivity contribution in [2.24, 2.45) is 11.8 Å². The zero-order valence-corrected chi connectivity index (χ0v) is 13.4. The van der Waals surface area contributed by atoms with Crippen LogP contribution in [0.4, 0.5) is 11.6 Å². The second-order valence-corrected chi connectivity index (χ2v) is 7.41. The van der Waals surface area contributed by atoms with Gasteiger partial charge in [-0.25, -0.2) is 9.97 Å². The molecule has 1 saturated carbocycles. The van der Waals surface area contributed by atoms with Crippen LogP contribution in [0.1, 0.15) is 39.4 Å². The third kappa shape index (κ3) is 2.71. The van der Waals surface area contributed by atoms with Crippen molar-refractivity contribution in [3.63, 3.8) is 0 Å². The highest BCUT2D eigenvalue weighted by atomic mass is 16.3. The topological polar surface area (TPSA) is 61.3 Å². The van der Waals surface area contributed by atoms with E-state index < -0.39 is 0 Å². The Balaban J connectivity index is 1.89. The van der Waals surface area contributed by atoms with Crippen molar-refractivity contribution in [3.8, 4) is 0 Å². The molecule has 2 fully saturated rings. The summed E-state index contributed by atoms with van der Waals surface area (Å²) in [5.74, 6) is 3.74. The number of rotatable bonds is 2. The number of nitrogens with zero attached hydrogens (tertiary/aromatic N) is 3. The summed E-state index contributed by atoms with van der Waals surface area (Å²) in [6.45, 7) is 8.32. The summed E-state index contributed by atoms with van der Waals surface area (Å²) in [6, 6.07) is 2.02. The van der Waals surface area contributed by atoms with E-state index in [4.69, 9.17) is 4.98 Å². The number of hydrogen-bond acceptors (Lipinski definition) is 5. The maximum atomic E-state index is 10.1. The lowest BCUT2D eigenvalue weighted by Gasteiger charge is -2.23. The molecule has 1 saturated heterocycles. The molecule has 0 radical (unpaired) electrons. The summed E-state index contributed by atoms with van der Waals surface area (Å²) in [5.41, 5.74) is -0.0727. The number of nitrogens with one attached hydrogen (secondary N) is 1. The lowest BCUT2D eigenvalue weighted by molar-refractivity contribution is 0.133. The summed E-state index contributed by atoms with van der Waals surface area (Å²) in [5, 5.41) is 13.2. The predicted molar refractivity (Wildman–Crippen MR) is 84.7 cm³/mol. The Morgan fingerprint density at radius 1 is 1.24 bits per heavy atom. The number of hydrogen-bond donors (Lipinski definition) is 2. The predicted octanol–water partition coefficient (Wildman–Crippen LogP) is 2.02. The van der Waals surface area contributed by atoms with Crippen molar-refractivity contribution in [3.05, 3.63) is 11.9 Å². The molecule has 0 aromatic carbocycles. The van der Waals surface area contributed by atoms with E-state index in [2.05, 4.69) is 36.0 Å². The number of aliphatic hydroxyl groups is 1. The second-order valence-electron chi connectivity index (χ2n) is 7.41. The maximum Gasteiger partial charge on any atom is 0.138 e. The van der Waals surface area contributed by atoms with Gasteiger partial charge in [0.05, 0.1) is 6.10 Å². The van der Waals surface area contributed by atoms with Gasteiger partial charge in [0.25, 0.3) is 0 Å². The van der Waals surface area contributed by atoms with Crippen LogP contribution in [0.25, 0.3) is 0 Å². The summed E-state index contributed by atoms with van der Waals surface area (Å²) in [7, 11) is 1.89. The first-order chi connectivity index (χ1) is 9.88. The average Bonchev–Trinajstić information content (AvgIpc) is 3.00. The fourth-order valence-electron chi connectivity index (χ4n) is 3.48. The minimum atomic E-state index is -0.132. The molecule has 116 valence electrons. The van der Waals surface area contributed by atoms with E-state index in [0.717, 1.165) is 43.4 Å². The summed E-state index contributed by atoms with van der Waals surface area (Å²) in [6.07, 6.45) is 1.97. The molecule has 3 atom stereocenters. The lowest BCUT2D eigenvalue weighted by Crippen LogP contribution is -2.27. The van der Waals surface area contributed by atoms with Gasteiger partial charge in [0.1, 0.15) is 17.5 Å². The molecule has 0 amide bonds. The molecule has 2 aliphatic rings. The van der Waals surface area contributed by atoms with E-state index in [9.17, 15) is 5.11 Å². The van der Waals surface area contributed by atoms with E-state index in [0.29, 0.717) is 11.8 Å². The highest BCUT2D eigenvalue weighted by Gasteiger charge is 2.42. The van der Waals surface area contributed by atoms with Crippen molar-refractivity contribution >= 4 is 11.6 Å². The Labute approximate surface area is 126 Å². The number of anilines is 2. The van der Waals surface area contributed by atoms with E-state index in [-0.39, 0.29) is 11.5 Å². The van der Waals surface area contributed by atoms with Crippen molar-refractivity contribution in [1.82, 2.24) is 9.97 Å². The number of fused-ring (bicyclic) bond motifs is 1. The van der Waals surface area contributed by atoms with Crippen LogP contribution in [0.5, 0.6) is 0 Å². The largest absolute Gasteiger partial charge is 0.393 e. The molecule has 2 heterocycles. The van der Waals surface area contributed by atoms with Gasteiger partial charge < -0.3 is 15.3 Å². The fraction of sp³-hybridized carbons (Fsp3) is 0.750. The number of aliphatic hydroxyl groups excluding tert-OH is 1. The Hall–Kier alpha value is -1.36. The maximum absolute atomic E-state index is 10.1. The highest BCUT2D eigenvalue weighted by molar-refractivity contribution is 5.50. The number of aromatic nitrogens is 2. The van der Waals surface area contributed by atoms with E-state index in [1.54, 1.807) is 0 Å². The Kier molecular flexibility index (Phi) is 3.56. The van der Waals surface area contributed by atoms with Crippen molar-refractivity contribution in [2.75, 3.05) is 30.4 Å². The Bertz CT molecular complexity index is 525. The molecule has 5 heteroatoms. The third-order valence-corrected chi connectivity index (χ3v) is 4.78. The van der Waals surface area contributed by atoms with Gasteiger partial charge in [0, 0.05) is 37.5 Å². The van der Waals surface area contributed by atoms with Gasteiger partial charge >= 0.3 is 0 Å². The summed E-state index contributed by atoms with van der Waals surface area (Å²) >= 11 is 0. The molecule has 3 unspecified atom stereocenters. The van der Waals surface area contributed by atoms with Gasteiger partial charge in [-0.1, -0.05) is 20.8 Å². The molecule has 0 spiro atoms. The Morgan fingerprint density at radius 3 is 2.62 bits per heavy atom. The third-order valence-electron chi connectivity index (χ3n) is 4.78. The van der Waals surface area contributed by atoms with Gasteiger partial charge in [-0.15, -0.1) is 0 Å². The fourth-order valence-corrected chi connectivity index (χ4v) is 3.48. The van der Waals surface area contributed by atoms with Gasteiger partial charge in [0.2, 0.25) is 0 Å². The minimum absolute atomic E-state index is 0.0727. The standard InChI is InChI=1S/C16H26N4O/c1-16(2,3)15-18-13(17-4)7-14(19-15)20-8-10-5-6-12(21)11(10)9-20/h7,10-12,21H,5-6,8-9H2,1-4H3,(H,17,18,19). The highest BCUT2D eigenvalue weighted by Crippen LogP contribution is 2.40. The molecular weight excluding hydrogens is 264 g/mol. The summed E-state index contributed by atoms with van der Waals surface area (Å²) in [4.78, 5) is 11.7. The molecule has 21 heavy (non-hydrogen) atoms. The van der Waals surface area contributed by atoms with Crippen LogP contribution in [0, 0.1) is 11.8 Å². The first kappa shape index (κ1) is 14.6. The van der Waals surface area contributed by atoms with E-state index in [1.165, 1.54) is 0 Å². The molecule has 1 aliphatic carbocycles. The Morgan fingerprint density at radius 2 is 2.00 bits per heavy atom. The summed E-state index contributed by atoms with van der Waals surface area (Å²) < 4.78 is 0. The van der Waals surface area contributed by atoms with Crippen LogP contribution >= 0.6 is 0 Å². The van der Waals surface area contributed by atoms with Gasteiger partial charge in [-0.05, 0) is 18.8 Å². The molecular formula is C16H26N4O. The molecule has 5 nitrogen and oxygen atoms in total. The zero-order valence-electron chi connectivity index (χ0n) is 13.4. The SMILES string of the molecule is CNc1cc(N2CC3CCC(O)C3C2)nc(C(C)(C)C)n1. The molecule has 3 rings (SSSR count). The van der Waals surface area contributed by atoms with Crippen LogP contribution in [0.2, 0.25) is 0 Å². The normalized spacial score (nSPS) is 28.8. The monoisotopic (exact) mass is 290 g/mol. The first-order valence-corrected chi connectivity index (χ1v) is 7.89. The van der Waals surface area contributed by atoms with Crippen LogP contribution in [-0.4, -0.2) is 41.3 Å². The van der Waals surface area contributed by atoms with Crippen LogP contribution in [0.3, 0.4) is 0 Å². The smallest absolute Gasteiger partial charge is 0.138 e. The molecule has 1 aromatic rings. The van der Waals surface area contributed by atoms with Crippen LogP contribution in [0.15, 0.2) is 6.07 Å². The van der Waals surface area contributed by atoms with Crippen LogP contribution < -0.4 is 10.2 Å². The average molecular weight is 290 g/mol. The second kappa shape index (κ2) is 5.13. The van der Waals surface area contributed by atoms with Gasteiger partial charge in [-0.2, -0.15) is 0 Å². The van der Waals surface area contributed by atoms with Crippen LogP contribution in [-0.2, 0) is 5.41 Å². The van der Waals surface area contributed by atoms with Gasteiger partial charge in [0.15, 0.2) is 0 Å². The lowest BCUT2D eigenvalue weighted by atomic mass is 9.96. The van der Waals surface area contributed by atoms with E-state index in [1.807, 2.05) is 13.1 Å². The van der Waals surface area contributed by atoms with Crippen molar-refractivity contribution in [1.29, 1.82) is 0 Å². The van der Waals surface area contributed by atoms with Crippen molar-refractivity contribution in [2.45, 2.75) is 45.1 Å². The van der Waals surface area contributed by atoms with Gasteiger partial charge in [-0.3, -0.25) is 0 Å². The minimum Gasteiger partial charge on any atom is -0.393 e. The molecule has 2 N–H and O–H groups in total. The molecule has 0 bridgehead atoms. The van der Waals surface area contributed by atoms with E-state index >= 15 is 0 Å². The molecule has 1 aliphatic heterocycles. The zero-order chi connectivity index (χ0) is 15.2. The quantitative estimate of drug-likeness (QED) is 0.872. The van der Waals surface area contributed by atoms with Crippen molar-refractivity contribution < 1.29 is 5.11 Å².